The molecule has 0 aliphatic carbocycles. The average Bonchev–Trinajstić information content (AvgIpc) is 2.55. The van der Waals surface area contributed by atoms with Gasteiger partial charge in [0, 0.05) is 6.42 Å². The highest BCUT2D eigenvalue weighted by atomic mass is 35.5. The van der Waals surface area contributed by atoms with E-state index in [0.717, 1.165) is 19.3 Å². The van der Waals surface area contributed by atoms with Crippen molar-refractivity contribution >= 4 is 23.4 Å². The van der Waals surface area contributed by atoms with E-state index in [1.807, 2.05) is 13.8 Å². The number of imide groups is 1. The average molecular weight is 232 g/mol. The number of nitrogens with zero attached hydrogens (tertiary/aromatic N) is 1. The fourth-order valence-electron chi connectivity index (χ4n) is 2.28. The van der Waals surface area contributed by atoms with Gasteiger partial charge in [-0.05, 0) is 26.2 Å². The summed E-state index contributed by atoms with van der Waals surface area (Å²) in [6.45, 7) is 5.65. The molecule has 1 fully saturated rings. The second-order valence-corrected chi connectivity index (χ2v) is 4.77. The standard InChI is InChI=1S/C11H18ClNO2/c1-4-11(5-2)7-6-9(14)13(11)10(15)8(3)12/h8H,4-7H2,1-3H3. The van der Waals surface area contributed by atoms with Gasteiger partial charge < -0.3 is 0 Å². The molecule has 0 aromatic carbocycles. The minimum absolute atomic E-state index is 0.0730. The van der Waals surface area contributed by atoms with E-state index >= 15 is 0 Å². The number of carbonyl (C=O) groups is 2. The van der Waals surface area contributed by atoms with Crippen LogP contribution in [0.2, 0.25) is 0 Å². The molecule has 1 atom stereocenters. The summed E-state index contributed by atoms with van der Waals surface area (Å²) >= 11 is 5.77. The second kappa shape index (κ2) is 4.52. The molecule has 1 aliphatic rings. The van der Waals surface area contributed by atoms with Crippen LogP contribution in [-0.4, -0.2) is 27.6 Å². The fourth-order valence-corrected chi connectivity index (χ4v) is 2.38. The Kier molecular flexibility index (Phi) is 3.77. The first-order chi connectivity index (χ1) is 6.98. The van der Waals surface area contributed by atoms with E-state index in [1.54, 1.807) is 6.92 Å². The molecule has 3 nitrogen and oxygen atoms in total. The number of hydrogen-bond donors (Lipinski definition) is 0. The molecule has 0 N–H and O–H groups in total. The summed E-state index contributed by atoms with van der Waals surface area (Å²) in [5, 5.41) is -0.621. The van der Waals surface area contributed by atoms with E-state index < -0.39 is 5.38 Å². The third-order valence-corrected chi connectivity index (χ3v) is 3.59. The van der Waals surface area contributed by atoms with Crippen molar-refractivity contribution in [2.75, 3.05) is 0 Å². The molecule has 1 heterocycles. The van der Waals surface area contributed by atoms with Gasteiger partial charge in [-0.3, -0.25) is 14.5 Å². The number of alkyl halides is 1. The first-order valence-electron chi connectivity index (χ1n) is 5.49. The van der Waals surface area contributed by atoms with Crippen LogP contribution in [0.4, 0.5) is 0 Å². The predicted molar refractivity (Wildman–Crippen MR) is 59.7 cm³/mol. The van der Waals surface area contributed by atoms with Gasteiger partial charge in [-0.25, -0.2) is 0 Å². The summed E-state index contributed by atoms with van der Waals surface area (Å²) in [5.74, 6) is -0.320. The third kappa shape index (κ3) is 2.03. The predicted octanol–water partition coefficient (Wildman–Crippen LogP) is 2.32. The first-order valence-corrected chi connectivity index (χ1v) is 5.93. The number of likely N-dealkylation sites (tertiary alicyclic amines) is 1. The highest BCUT2D eigenvalue weighted by Crippen LogP contribution is 2.36. The van der Waals surface area contributed by atoms with E-state index in [2.05, 4.69) is 0 Å². The van der Waals surface area contributed by atoms with E-state index in [9.17, 15) is 9.59 Å². The largest absolute Gasteiger partial charge is 0.275 e. The van der Waals surface area contributed by atoms with Gasteiger partial charge in [0.1, 0.15) is 5.38 Å². The molecule has 1 rings (SSSR count). The van der Waals surface area contributed by atoms with Gasteiger partial charge in [0.15, 0.2) is 0 Å². The van der Waals surface area contributed by atoms with Gasteiger partial charge in [0.25, 0.3) is 0 Å². The summed E-state index contributed by atoms with van der Waals surface area (Å²) in [5.41, 5.74) is -0.280. The normalized spacial score (nSPS) is 21.9. The molecule has 1 unspecified atom stereocenters. The first kappa shape index (κ1) is 12.5. The molecular weight excluding hydrogens is 214 g/mol. The zero-order chi connectivity index (χ0) is 11.6. The molecule has 4 heteroatoms. The zero-order valence-corrected chi connectivity index (χ0v) is 10.3. The maximum absolute atomic E-state index is 11.9. The van der Waals surface area contributed by atoms with Crippen molar-refractivity contribution in [2.45, 2.75) is 57.4 Å². The summed E-state index contributed by atoms with van der Waals surface area (Å²) in [6.07, 6.45) is 2.86. The number of rotatable bonds is 3. The van der Waals surface area contributed by atoms with E-state index in [4.69, 9.17) is 11.6 Å². The topological polar surface area (TPSA) is 37.4 Å². The Morgan fingerprint density at radius 3 is 2.47 bits per heavy atom. The van der Waals surface area contributed by atoms with Crippen molar-refractivity contribution < 1.29 is 9.59 Å². The quantitative estimate of drug-likeness (QED) is 0.699. The minimum atomic E-state index is -0.621. The SMILES string of the molecule is CCC1(CC)CCC(=O)N1C(=O)C(C)Cl. The Morgan fingerprint density at radius 2 is 2.07 bits per heavy atom. The van der Waals surface area contributed by atoms with Gasteiger partial charge >= 0.3 is 0 Å². The summed E-state index contributed by atoms with van der Waals surface area (Å²) in [7, 11) is 0. The van der Waals surface area contributed by atoms with Crippen LogP contribution in [-0.2, 0) is 9.59 Å². The van der Waals surface area contributed by atoms with Crippen LogP contribution in [0.15, 0.2) is 0 Å². The van der Waals surface area contributed by atoms with Crippen LogP contribution < -0.4 is 0 Å². The summed E-state index contributed by atoms with van der Waals surface area (Å²) in [6, 6.07) is 0. The number of carbonyl (C=O) groups excluding carboxylic acids is 2. The molecule has 0 aromatic heterocycles. The molecule has 2 amide bonds. The van der Waals surface area contributed by atoms with Gasteiger partial charge in [0.05, 0.1) is 5.54 Å². The van der Waals surface area contributed by atoms with Gasteiger partial charge in [0.2, 0.25) is 11.8 Å². The molecular formula is C11H18ClNO2. The summed E-state index contributed by atoms with van der Waals surface area (Å²) < 4.78 is 0. The smallest absolute Gasteiger partial charge is 0.247 e. The molecule has 0 saturated carbocycles. The zero-order valence-electron chi connectivity index (χ0n) is 9.55. The number of hydrogen-bond acceptors (Lipinski definition) is 2. The minimum Gasteiger partial charge on any atom is -0.275 e. The molecule has 0 radical (unpaired) electrons. The number of halogens is 1. The van der Waals surface area contributed by atoms with E-state index in [1.165, 1.54) is 4.90 Å². The van der Waals surface area contributed by atoms with Crippen LogP contribution in [0.1, 0.15) is 46.5 Å². The lowest BCUT2D eigenvalue weighted by molar-refractivity contribution is -0.147. The third-order valence-electron chi connectivity index (χ3n) is 3.40. The fraction of sp³-hybridized carbons (Fsp3) is 0.818. The lowest BCUT2D eigenvalue weighted by Gasteiger charge is -2.36. The lowest BCUT2D eigenvalue weighted by atomic mass is 9.89. The Balaban J connectivity index is 3.00. The molecule has 0 aromatic rings. The number of amides is 2. The van der Waals surface area contributed by atoms with E-state index in [-0.39, 0.29) is 17.4 Å². The maximum atomic E-state index is 11.9. The van der Waals surface area contributed by atoms with Crippen molar-refractivity contribution in [1.29, 1.82) is 0 Å². The van der Waals surface area contributed by atoms with Crippen LogP contribution in [0.5, 0.6) is 0 Å². The molecule has 86 valence electrons. The van der Waals surface area contributed by atoms with Crippen LogP contribution in [0, 0.1) is 0 Å². The Bertz CT molecular complexity index is 272. The van der Waals surface area contributed by atoms with E-state index in [0.29, 0.717) is 6.42 Å². The summed E-state index contributed by atoms with van der Waals surface area (Å²) in [4.78, 5) is 25.0. The highest BCUT2D eigenvalue weighted by Gasteiger charge is 2.46. The highest BCUT2D eigenvalue weighted by molar-refractivity contribution is 6.31. The second-order valence-electron chi connectivity index (χ2n) is 4.11. The van der Waals surface area contributed by atoms with Crippen molar-refractivity contribution in [2.24, 2.45) is 0 Å². The lowest BCUT2D eigenvalue weighted by Crippen LogP contribution is -2.50. The molecule has 1 aliphatic heterocycles. The van der Waals surface area contributed by atoms with Gasteiger partial charge in [-0.1, -0.05) is 13.8 Å². The van der Waals surface area contributed by atoms with Crippen molar-refractivity contribution in [3.63, 3.8) is 0 Å². The van der Waals surface area contributed by atoms with Crippen LogP contribution in [0.25, 0.3) is 0 Å². The Hall–Kier alpha value is -0.570. The van der Waals surface area contributed by atoms with Gasteiger partial charge in [-0.2, -0.15) is 0 Å². The molecule has 1 saturated heterocycles. The molecule has 0 spiro atoms. The molecule has 0 bridgehead atoms. The molecule has 15 heavy (non-hydrogen) atoms. The Morgan fingerprint density at radius 1 is 1.53 bits per heavy atom. The maximum Gasteiger partial charge on any atom is 0.247 e. The van der Waals surface area contributed by atoms with Gasteiger partial charge in [-0.15, -0.1) is 11.6 Å². The van der Waals surface area contributed by atoms with Crippen LogP contribution >= 0.6 is 11.6 Å². The monoisotopic (exact) mass is 231 g/mol. The van der Waals surface area contributed by atoms with Crippen molar-refractivity contribution in [3.8, 4) is 0 Å². The van der Waals surface area contributed by atoms with Crippen molar-refractivity contribution in [3.05, 3.63) is 0 Å². The Labute approximate surface area is 95.8 Å². The van der Waals surface area contributed by atoms with Crippen LogP contribution in [0.3, 0.4) is 0 Å². The van der Waals surface area contributed by atoms with Crippen molar-refractivity contribution in [1.82, 2.24) is 4.90 Å².